The van der Waals surface area contributed by atoms with Gasteiger partial charge in [-0.3, -0.25) is 4.79 Å². The molecule has 8 heteroatoms. The van der Waals surface area contributed by atoms with Gasteiger partial charge in [0, 0.05) is 12.5 Å². The summed E-state index contributed by atoms with van der Waals surface area (Å²) in [6.07, 6.45) is 3.67. The van der Waals surface area contributed by atoms with Gasteiger partial charge in [-0.2, -0.15) is 0 Å². The number of rotatable bonds is 12. The number of hydrogen-bond donors (Lipinski definition) is 0. The Morgan fingerprint density at radius 3 is 1.46 bits per heavy atom. The molecule has 0 rings (SSSR count). The molecule has 0 aromatic heterocycles. The highest BCUT2D eigenvalue weighted by Gasteiger charge is 2.49. The topological polar surface area (TPSA) is 44.8 Å². The number of ketones is 1. The number of carbonyl (C=O) groups excluding carboxylic acids is 1. The Balaban J connectivity index is 5.30. The first-order chi connectivity index (χ1) is 10.6. The first kappa shape index (κ1) is 24.2. The second-order valence-electron chi connectivity index (χ2n) is 9.20. The van der Waals surface area contributed by atoms with Gasteiger partial charge in [-0.25, -0.2) is 0 Å². The minimum absolute atomic E-state index is 0.102. The minimum atomic E-state index is -2.74. The fraction of sp³-hybridized carbons (Fsp3) is 0.812. The molecule has 0 bridgehead atoms. The molecule has 0 aromatic carbocycles. The summed E-state index contributed by atoms with van der Waals surface area (Å²) in [5.41, 5.74) is 0. The lowest BCUT2D eigenvalue weighted by Crippen LogP contribution is -2.60. The highest BCUT2D eigenvalue weighted by atomic mass is 28.5. The van der Waals surface area contributed by atoms with Crippen molar-refractivity contribution < 1.29 is 17.1 Å². The maximum atomic E-state index is 11.4. The fourth-order valence-corrected chi connectivity index (χ4v) is 17.1. The van der Waals surface area contributed by atoms with Gasteiger partial charge in [0.05, 0.1) is 0 Å². The van der Waals surface area contributed by atoms with Crippen LogP contribution in [-0.2, 0) is 17.1 Å². The van der Waals surface area contributed by atoms with E-state index in [2.05, 4.69) is 65.5 Å². The summed E-state index contributed by atoms with van der Waals surface area (Å²) in [5.74, 6) is 0.102. The summed E-state index contributed by atoms with van der Waals surface area (Å²) in [6.45, 7) is 23.3. The largest absolute Gasteiger partial charge is 0.469 e. The maximum Gasteiger partial charge on any atom is 0.469 e. The quantitative estimate of drug-likeness (QED) is 0.247. The fourth-order valence-electron chi connectivity index (χ4n) is 2.36. The molecule has 0 amide bonds. The lowest BCUT2D eigenvalue weighted by Gasteiger charge is -2.43. The molecular weight excluding hydrogens is 369 g/mol. The van der Waals surface area contributed by atoms with Crippen LogP contribution in [0.25, 0.3) is 0 Å². The van der Waals surface area contributed by atoms with E-state index in [1.165, 1.54) is 6.08 Å². The molecule has 0 saturated heterocycles. The second kappa shape index (κ2) is 9.20. The lowest BCUT2D eigenvalue weighted by molar-refractivity contribution is -0.114. The number of hydrogen-bond acceptors (Lipinski definition) is 4. The van der Waals surface area contributed by atoms with Gasteiger partial charge in [0.15, 0.2) is 30.7 Å². The van der Waals surface area contributed by atoms with Gasteiger partial charge in [0.25, 0.3) is 0 Å². The summed E-state index contributed by atoms with van der Waals surface area (Å²) < 4.78 is 19.8. The molecule has 4 nitrogen and oxygen atoms in total. The Morgan fingerprint density at radius 1 is 0.792 bits per heavy atom. The van der Waals surface area contributed by atoms with E-state index in [9.17, 15) is 4.79 Å². The Bertz CT molecular complexity index is 378. The molecule has 0 aliphatic rings. The van der Waals surface area contributed by atoms with Crippen LogP contribution in [0, 0.1) is 0 Å². The summed E-state index contributed by atoms with van der Waals surface area (Å²) in [7, 11) is -8.16. The Kier molecular flexibility index (Phi) is 9.26. The van der Waals surface area contributed by atoms with E-state index in [1.54, 1.807) is 0 Å². The van der Waals surface area contributed by atoms with Gasteiger partial charge in [0.1, 0.15) is 0 Å². The van der Waals surface area contributed by atoms with Crippen molar-refractivity contribution in [3.8, 4) is 0 Å². The van der Waals surface area contributed by atoms with Crippen molar-refractivity contribution in [2.45, 2.75) is 84.2 Å². The van der Waals surface area contributed by atoms with Gasteiger partial charge in [-0.05, 0) is 77.8 Å². The van der Waals surface area contributed by atoms with E-state index in [0.717, 1.165) is 18.9 Å². The van der Waals surface area contributed by atoms with Crippen LogP contribution >= 0.6 is 0 Å². The van der Waals surface area contributed by atoms with Crippen LogP contribution in [0.3, 0.4) is 0 Å². The number of allylic oxidation sites excluding steroid dienone is 1. The van der Waals surface area contributed by atoms with Crippen molar-refractivity contribution in [2.75, 3.05) is 0 Å². The molecular formula is C16H38O4Si4. The Labute approximate surface area is 153 Å². The van der Waals surface area contributed by atoms with E-state index in [4.69, 9.17) is 12.3 Å². The molecule has 0 aliphatic heterocycles. The van der Waals surface area contributed by atoms with Crippen molar-refractivity contribution in [2.24, 2.45) is 0 Å². The highest BCUT2D eigenvalue weighted by molar-refractivity contribution is 6.90. The molecule has 142 valence electrons. The van der Waals surface area contributed by atoms with Crippen molar-refractivity contribution >= 4 is 39.5 Å². The lowest BCUT2D eigenvalue weighted by atomic mass is 10.2. The Morgan fingerprint density at radius 2 is 1.17 bits per heavy atom. The maximum absolute atomic E-state index is 11.4. The number of carbonyl (C=O) groups is 1. The van der Waals surface area contributed by atoms with Gasteiger partial charge >= 0.3 is 8.80 Å². The van der Waals surface area contributed by atoms with Crippen LogP contribution in [0.5, 0.6) is 0 Å². The normalized spacial score (nSPS) is 13.9. The molecule has 24 heavy (non-hydrogen) atoms. The molecule has 0 spiro atoms. The first-order valence-corrected chi connectivity index (χ1v) is 21.0. The molecule has 0 radical (unpaired) electrons. The van der Waals surface area contributed by atoms with Gasteiger partial charge < -0.3 is 12.3 Å². The zero-order valence-corrected chi connectivity index (χ0v) is 21.2. The molecule has 0 fully saturated rings. The molecule has 0 heterocycles. The van der Waals surface area contributed by atoms with E-state index in [-0.39, 0.29) is 5.78 Å². The van der Waals surface area contributed by atoms with Gasteiger partial charge in [-0.1, -0.05) is 6.58 Å². The third kappa shape index (κ3) is 12.5. The first-order valence-electron chi connectivity index (χ1n) is 8.83. The zero-order chi connectivity index (χ0) is 19.2. The average molecular weight is 407 g/mol. The number of unbranched alkanes of at least 4 members (excludes halogenated alkanes) is 1. The summed E-state index contributed by atoms with van der Waals surface area (Å²) in [5, 5.41) is 0. The standard InChI is InChI=1S/C16H38O4Si4/c1-11-16(17)14-12-13-15-24(18-21(2,3)4,19-22(5,6)7)20-23(8,9)10/h11H,1,12-15H2,2-10H3. The summed E-state index contributed by atoms with van der Waals surface area (Å²) >= 11 is 0. The molecule has 0 N–H and O–H groups in total. The van der Waals surface area contributed by atoms with Crippen LogP contribution in [0.4, 0.5) is 0 Å². The second-order valence-corrected chi connectivity index (χ2v) is 26.2. The van der Waals surface area contributed by atoms with Crippen molar-refractivity contribution in [3.63, 3.8) is 0 Å². The molecule has 0 aromatic rings. The third-order valence-electron chi connectivity index (χ3n) is 2.77. The third-order valence-corrected chi connectivity index (χ3v) is 14.8. The summed E-state index contributed by atoms with van der Waals surface area (Å²) in [6, 6.07) is 0.802. The van der Waals surface area contributed by atoms with Crippen LogP contribution in [-0.4, -0.2) is 39.5 Å². The zero-order valence-electron chi connectivity index (χ0n) is 17.2. The summed E-state index contributed by atoms with van der Waals surface area (Å²) in [4.78, 5) is 11.4. The van der Waals surface area contributed by atoms with E-state index in [1.807, 2.05) is 0 Å². The monoisotopic (exact) mass is 406 g/mol. The molecule has 0 unspecified atom stereocenters. The van der Waals surface area contributed by atoms with Crippen LogP contribution in [0.15, 0.2) is 12.7 Å². The van der Waals surface area contributed by atoms with Crippen LogP contribution < -0.4 is 0 Å². The van der Waals surface area contributed by atoms with Crippen LogP contribution in [0.2, 0.25) is 65.0 Å². The predicted molar refractivity (Wildman–Crippen MR) is 113 cm³/mol. The molecule has 0 aliphatic carbocycles. The average Bonchev–Trinajstić information content (AvgIpc) is 2.27. The van der Waals surface area contributed by atoms with Crippen molar-refractivity contribution in [1.29, 1.82) is 0 Å². The molecule has 0 atom stereocenters. The molecule has 0 saturated carbocycles. The highest BCUT2D eigenvalue weighted by Crippen LogP contribution is 2.30. The smallest absolute Gasteiger partial charge is 0.417 e. The van der Waals surface area contributed by atoms with Crippen LogP contribution in [0.1, 0.15) is 19.3 Å². The van der Waals surface area contributed by atoms with Crippen molar-refractivity contribution in [1.82, 2.24) is 0 Å². The van der Waals surface area contributed by atoms with E-state index in [0.29, 0.717) is 6.42 Å². The minimum Gasteiger partial charge on any atom is -0.417 e. The van der Waals surface area contributed by atoms with Crippen molar-refractivity contribution in [3.05, 3.63) is 12.7 Å². The van der Waals surface area contributed by atoms with E-state index >= 15 is 0 Å². The SMILES string of the molecule is C=CC(=O)CCCC[Si](O[Si](C)(C)C)(O[Si](C)(C)C)O[Si](C)(C)C. The van der Waals surface area contributed by atoms with Gasteiger partial charge in [0.2, 0.25) is 0 Å². The van der Waals surface area contributed by atoms with Gasteiger partial charge in [-0.15, -0.1) is 0 Å². The predicted octanol–water partition coefficient (Wildman–Crippen LogP) is 5.41. The Hall–Kier alpha value is 0.158. The van der Waals surface area contributed by atoms with E-state index < -0.39 is 33.8 Å².